The van der Waals surface area contributed by atoms with E-state index in [2.05, 4.69) is 94.7 Å². The zero-order valence-electron chi connectivity index (χ0n) is 79.0. The number of likely N-dealkylation sites (N-methyl/N-ethyl adjacent to an activating group) is 1. The first-order valence-electron chi connectivity index (χ1n) is 45.4. The molecule has 3 aromatic heterocycles. The maximum atomic E-state index is 15.5. The number of rotatable bonds is 27. The first kappa shape index (κ1) is 110. The fourth-order valence-corrected chi connectivity index (χ4v) is 15.8. The molecular formula is C94H131N23O19S. The topological polar surface area (TPSA) is 658 Å². The summed E-state index contributed by atoms with van der Waals surface area (Å²) < 4.78 is 0. The van der Waals surface area contributed by atoms with Crippen molar-refractivity contribution in [2.75, 3.05) is 31.6 Å². The van der Waals surface area contributed by atoms with Crippen LogP contribution in [0.3, 0.4) is 0 Å². The molecule has 42 nitrogen and oxygen atoms in total. The fraction of sp³-hybridized carbons (Fsp3) is 0.489. The van der Waals surface area contributed by atoms with Crippen molar-refractivity contribution < 1.29 is 91.7 Å². The van der Waals surface area contributed by atoms with Gasteiger partial charge in [-0.25, -0.2) is 0 Å². The molecule has 6 aromatic rings. The van der Waals surface area contributed by atoms with Crippen LogP contribution in [0.25, 0.3) is 22.0 Å². The third kappa shape index (κ3) is 35.0. The highest BCUT2D eigenvalue weighted by atomic mass is 32.2. The molecule has 7 rings (SSSR count). The van der Waals surface area contributed by atoms with Crippen molar-refractivity contribution in [3.8, 4) is 11.1 Å². The molecule has 4 heterocycles. The first-order valence-corrected chi connectivity index (χ1v) is 46.6. The molecular weight excluding hydrogens is 1790 g/mol. The van der Waals surface area contributed by atoms with Gasteiger partial charge in [-0.15, -0.1) is 11.8 Å². The van der Waals surface area contributed by atoms with E-state index in [9.17, 15) is 58.2 Å². The number of primary amides is 1. The number of nitrogens with two attached hydrogens (primary N) is 3. The first-order chi connectivity index (χ1) is 64.9. The number of thioether (sulfide) groups is 1. The Bertz CT molecular complexity index is 5170. The highest BCUT2D eigenvalue weighted by Crippen LogP contribution is 2.24. The van der Waals surface area contributed by atoms with Crippen LogP contribution in [-0.4, -0.2) is 265 Å². The van der Waals surface area contributed by atoms with Crippen molar-refractivity contribution in [1.82, 2.24) is 99.6 Å². The number of aromatic amines is 1. The number of carbonyl (C=O) groups is 17. The quantitative estimate of drug-likeness (QED) is 0.0161. The summed E-state index contributed by atoms with van der Waals surface area (Å²) in [5.74, 6) is -21.4. The number of aliphatic carboxylic acids is 1. The Morgan fingerprint density at radius 2 is 0.964 bits per heavy atom. The zero-order valence-corrected chi connectivity index (χ0v) is 79.8. The number of carboxylic acid groups (broad SMARTS) is 1. The van der Waals surface area contributed by atoms with Gasteiger partial charge in [0, 0.05) is 86.9 Å². The van der Waals surface area contributed by atoms with E-state index in [1.807, 2.05) is 30.3 Å². The van der Waals surface area contributed by atoms with Crippen molar-refractivity contribution in [2.45, 2.75) is 237 Å². The average Bonchev–Trinajstić information content (AvgIpc) is 1.71. The summed E-state index contributed by atoms with van der Waals surface area (Å²) in [5, 5.41) is 69.5. The molecule has 137 heavy (non-hydrogen) atoms. The van der Waals surface area contributed by atoms with Crippen LogP contribution in [0.5, 0.6) is 0 Å². The zero-order chi connectivity index (χ0) is 101. The van der Waals surface area contributed by atoms with E-state index >= 15 is 33.6 Å². The third-order valence-electron chi connectivity index (χ3n) is 22.7. The van der Waals surface area contributed by atoms with Gasteiger partial charge in [-0.1, -0.05) is 134 Å². The number of H-pyrrole nitrogens is 1. The predicted molar refractivity (Wildman–Crippen MR) is 510 cm³/mol. The lowest BCUT2D eigenvalue weighted by Crippen LogP contribution is -2.63. The molecule has 0 radical (unpaired) electrons. The van der Waals surface area contributed by atoms with Gasteiger partial charge < -0.3 is 117 Å². The molecule has 742 valence electrons. The summed E-state index contributed by atoms with van der Waals surface area (Å²) in [4.78, 5) is 261. The SMILES string of the molecule is CC(C)C[C@@H]1NC(=O)[C@H](CCN)NC(=O)[C@@H](CC(C)C)NC(=O)[C@H](C)N(C)C(=O)[C@H](CCCNC(=N)N)NC(=O)[C@H](Cc2ccc(-c3ccccc3)cc2)NC(=O)[C@H](C(C)C)NC(=O)[C@H](Cc2c[nH]c3ccccc23)NC(=O)[C@H](CC(=O)O)NC(=O)[C@H](Cc2ccncc2)NC(=O)[C@H](Cc2cccnc2)NC(=O)CSC[C@@H](C(=O)N[C@@H](C)C(N)=O)NC(=O)[C@H]([C@@H](C)O)NC(=O)[C@H](C(C)C)NC1=O. The number of carbonyl (C=O) groups excluding carboxylic acids is 16. The number of aliphatic hydroxyl groups excluding tert-OH is 1. The van der Waals surface area contributed by atoms with E-state index in [1.165, 1.54) is 57.8 Å². The Balaban J connectivity index is 1.33. The van der Waals surface area contributed by atoms with E-state index in [0.717, 1.165) is 23.0 Å². The summed E-state index contributed by atoms with van der Waals surface area (Å²) in [7, 11) is 1.27. The van der Waals surface area contributed by atoms with Crippen LogP contribution in [0, 0.1) is 29.1 Å². The molecule has 3 aromatic carbocycles. The number of aliphatic hydroxyl groups is 1. The second-order valence-corrected chi connectivity index (χ2v) is 36.5. The lowest BCUT2D eigenvalue weighted by molar-refractivity contribution is -0.143. The van der Waals surface area contributed by atoms with Crippen LogP contribution in [-0.2, 0) is 107 Å². The molecule has 43 heteroatoms. The summed E-state index contributed by atoms with van der Waals surface area (Å²) >= 11 is 0.715. The minimum Gasteiger partial charge on any atom is -0.481 e. The Labute approximate surface area is 799 Å². The molecule has 0 unspecified atom stereocenters. The lowest BCUT2D eigenvalue weighted by Gasteiger charge is -2.32. The number of hydrogen-bond donors (Lipinski definition) is 22. The van der Waals surface area contributed by atoms with Gasteiger partial charge in [0.2, 0.25) is 94.5 Å². The third-order valence-corrected chi connectivity index (χ3v) is 23.7. The maximum Gasteiger partial charge on any atom is 0.305 e. The number of benzene rings is 3. The normalized spacial score (nSPS) is 23.4. The van der Waals surface area contributed by atoms with Gasteiger partial charge in [-0.05, 0) is 141 Å². The Morgan fingerprint density at radius 3 is 1.52 bits per heavy atom. The van der Waals surface area contributed by atoms with Crippen LogP contribution in [0.1, 0.15) is 137 Å². The molecule has 0 bridgehead atoms. The fourth-order valence-electron chi connectivity index (χ4n) is 14.9. The van der Waals surface area contributed by atoms with Crippen LogP contribution >= 0.6 is 11.8 Å². The van der Waals surface area contributed by atoms with E-state index in [-0.39, 0.29) is 82.7 Å². The number of carboxylic acids is 1. The molecule has 0 spiro atoms. The Hall–Kier alpha value is -14.0. The molecule has 0 saturated carbocycles. The molecule has 1 aliphatic rings. The molecule has 1 saturated heterocycles. The highest BCUT2D eigenvalue weighted by molar-refractivity contribution is 8.00. The van der Waals surface area contributed by atoms with E-state index in [0.29, 0.717) is 44.9 Å². The highest BCUT2D eigenvalue weighted by Gasteiger charge is 2.42. The molecule has 16 atom stereocenters. The van der Waals surface area contributed by atoms with Crippen molar-refractivity contribution in [3.63, 3.8) is 0 Å². The molecule has 1 aliphatic heterocycles. The monoisotopic (exact) mass is 1920 g/mol. The minimum absolute atomic E-state index is 0.00113. The van der Waals surface area contributed by atoms with Gasteiger partial charge in [0.25, 0.3) is 0 Å². The number of amides is 16. The van der Waals surface area contributed by atoms with Crippen LogP contribution in [0.15, 0.2) is 134 Å². The van der Waals surface area contributed by atoms with Gasteiger partial charge >= 0.3 is 5.97 Å². The largest absolute Gasteiger partial charge is 0.481 e. The second-order valence-electron chi connectivity index (χ2n) is 35.5. The number of fused-ring (bicyclic) bond motifs is 1. The molecule has 1 fully saturated rings. The van der Waals surface area contributed by atoms with Gasteiger partial charge in [-0.3, -0.25) is 96.9 Å². The minimum atomic E-state index is -2.05. The molecule has 16 amide bonds. The van der Waals surface area contributed by atoms with Crippen LogP contribution < -0.4 is 97.0 Å². The molecule has 0 aliphatic carbocycles. The van der Waals surface area contributed by atoms with Crippen LogP contribution in [0.4, 0.5) is 0 Å². The number of pyridine rings is 2. The maximum absolute atomic E-state index is 15.5. The van der Waals surface area contributed by atoms with Gasteiger partial charge in [0.05, 0.1) is 18.3 Å². The number of hydrogen-bond acceptors (Lipinski definition) is 23. The van der Waals surface area contributed by atoms with E-state index < -0.39 is 233 Å². The lowest BCUT2D eigenvalue weighted by atomic mass is 9.98. The van der Waals surface area contributed by atoms with E-state index in [4.69, 9.17) is 22.6 Å². The predicted octanol–water partition coefficient (Wildman–Crippen LogP) is -1.35. The van der Waals surface area contributed by atoms with Gasteiger partial charge in [0.1, 0.15) is 90.6 Å². The number of nitrogens with zero attached hydrogens (tertiary/aromatic N) is 3. The average molecular weight is 1920 g/mol. The van der Waals surface area contributed by atoms with Crippen molar-refractivity contribution in [2.24, 2.45) is 40.9 Å². The summed E-state index contributed by atoms with van der Waals surface area (Å²) in [6.45, 7) is 16.7. The summed E-state index contributed by atoms with van der Waals surface area (Å²) in [6.07, 6.45) is 2.51. The number of aromatic nitrogens is 3. The second kappa shape index (κ2) is 53.9. The van der Waals surface area contributed by atoms with Gasteiger partial charge in [0.15, 0.2) is 5.96 Å². The van der Waals surface area contributed by atoms with Gasteiger partial charge in [-0.2, -0.15) is 0 Å². The standard InChI is InChI=1S/C94H131N23O19S/c1-49(2)38-66-82(125)105-64(30-33-95)81(124)108-67(39-50(3)4)87(130)115-77(52(7)8)91(134)116-78(55(11)118)92(135)113-73(89(132)103-53(9)79(96)122)47-137-48-74(119)104-68(42-58-20-18-34-100-45-58)83(126)109-69(41-57-31-36-99-37-32-57)85(128)111-72(44-75(120)121)86(129)110-71(43-61-46-102-63-24-17-16-23-62(61)63)88(131)114-76(51(5)6)90(133)112-70(40-56-26-28-60(29-27-56)59-21-14-13-15-22-59)84(127)106-65(25-19-35-101-94(97)98)93(136)117(12)54(10)80(123)107-66/h13-18,20-24,26-29,31-32,34,36-37,45-46,49-55,64-73,76-78,102,118H,19,25,30,33,35,38-44,47-48,95H2,1-12H3,(H2,96,122)(H,103,132)(H,104,119)(H,105,125)(H,106,127)(H,107,123)(H,108,124)(H,109,126)(H,110,129)(H,111,128)(H,112,133)(H,113,135)(H,114,131)(H,115,130)(H,116,134)(H,120,121)(H4,97,98,101)/t53-,54-,55+,64-,65-,66+,67-,68-,69-,70-,71-,72-,73-,76-,77-,78-/m0/s1. The number of para-hydroxylation sites is 1. The Morgan fingerprint density at radius 1 is 0.496 bits per heavy atom. The van der Waals surface area contributed by atoms with E-state index in [1.54, 1.807) is 122 Å². The smallest absolute Gasteiger partial charge is 0.305 e. The van der Waals surface area contributed by atoms with Crippen molar-refractivity contribution in [3.05, 3.63) is 156 Å². The summed E-state index contributed by atoms with van der Waals surface area (Å²) in [6, 6.07) is 5.38. The molecule has 25 N–H and O–H groups in total. The number of nitrogens with one attached hydrogen (secondary N) is 17. The van der Waals surface area contributed by atoms with Crippen molar-refractivity contribution in [1.29, 1.82) is 5.41 Å². The Kier molecular flexibility index (Phi) is 43.3. The van der Waals surface area contributed by atoms with Crippen LogP contribution in [0.2, 0.25) is 0 Å². The number of guanidine groups is 1. The summed E-state index contributed by atoms with van der Waals surface area (Å²) in [5.41, 5.74) is 21.2. The van der Waals surface area contributed by atoms with Crippen molar-refractivity contribution >= 4 is 129 Å².